The monoisotopic (exact) mass is 340 g/mol. The minimum absolute atomic E-state index is 0.128. The van der Waals surface area contributed by atoms with Crippen molar-refractivity contribution in [2.75, 3.05) is 13.1 Å². The molecule has 0 amide bonds. The van der Waals surface area contributed by atoms with E-state index in [1.807, 2.05) is 18.2 Å². The molecule has 24 heavy (non-hydrogen) atoms. The van der Waals surface area contributed by atoms with Crippen LogP contribution in [0.4, 0.5) is 13.2 Å². The van der Waals surface area contributed by atoms with Gasteiger partial charge in [0.1, 0.15) is 0 Å². The number of hydrogen-bond acceptors (Lipinski definition) is 4. The Morgan fingerprint density at radius 3 is 2.54 bits per heavy atom. The highest BCUT2D eigenvalue weighted by Crippen LogP contribution is 2.38. The second-order valence-corrected chi connectivity index (χ2v) is 5.75. The van der Waals surface area contributed by atoms with Gasteiger partial charge in [-0.2, -0.15) is 28.2 Å². The molecule has 0 radical (unpaired) electrons. The van der Waals surface area contributed by atoms with Crippen LogP contribution in [-0.2, 0) is 11.3 Å². The number of hydrogen-bond donors (Lipinski definition) is 1. The van der Waals surface area contributed by atoms with Gasteiger partial charge in [-0.15, -0.1) is 0 Å². The highest BCUT2D eigenvalue weighted by Gasteiger charge is 2.52. The van der Waals surface area contributed by atoms with E-state index in [0.717, 1.165) is 5.69 Å². The zero-order chi connectivity index (χ0) is 17.3. The lowest BCUT2D eigenvalue weighted by molar-refractivity contribution is -0.188. The van der Waals surface area contributed by atoms with Gasteiger partial charge >= 0.3 is 12.1 Å². The molecule has 0 saturated carbocycles. The number of carboxylic acid groups (broad SMARTS) is 1. The van der Waals surface area contributed by atoms with E-state index in [0.29, 0.717) is 5.69 Å². The number of aromatic nitrogens is 3. The summed E-state index contributed by atoms with van der Waals surface area (Å²) in [5.74, 6) is -4.74. The van der Waals surface area contributed by atoms with E-state index in [-0.39, 0.29) is 19.6 Å². The Morgan fingerprint density at radius 2 is 1.96 bits per heavy atom. The minimum atomic E-state index is -4.53. The van der Waals surface area contributed by atoms with E-state index >= 15 is 0 Å². The fourth-order valence-electron chi connectivity index (χ4n) is 2.88. The number of benzene rings is 1. The van der Waals surface area contributed by atoms with Gasteiger partial charge in [-0.3, -0.25) is 9.69 Å². The topological polar surface area (TPSA) is 71.2 Å². The summed E-state index contributed by atoms with van der Waals surface area (Å²) >= 11 is 0. The predicted molar refractivity (Wildman–Crippen MR) is 77.3 cm³/mol. The van der Waals surface area contributed by atoms with Gasteiger partial charge in [-0.1, -0.05) is 18.2 Å². The van der Waals surface area contributed by atoms with Gasteiger partial charge < -0.3 is 5.11 Å². The Labute approximate surface area is 135 Å². The summed E-state index contributed by atoms with van der Waals surface area (Å²) in [5.41, 5.74) is 1.23. The van der Waals surface area contributed by atoms with Crippen molar-refractivity contribution >= 4 is 5.97 Å². The van der Waals surface area contributed by atoms with Crippen molar-refractivity contribution < 1.29 is 23.1 Å². The average Bonchev–Trinajstić information content (AvgIpc) is 3.15. The number of para-hydroxylation sites is 1. The Balaban J connectivity index is 1.71. The molecule has 1 fully saturated rings. The van der Waals surface area contributed by atoms with Crippen LogP contribution in [0.5, 0.6) is 0 Å². The van der Waals surface area contributed by atoms with Gasteiger partial charge in [0, 0.05) is 19.6 Å². The third-order valence-corrected chi connectivity index (χ3v) is 4.05. The zero-order valence-corrected chi connectivity index (χ0v) is 12.5. The number of likely N-dealkylation sites (tertiary alicyclic amines) is 1. The van der Waals surface area contributed by atoms with E-state index in [1.165, 1.54) is 15.9 Å². The molecule has 0 bridgehead atoms. The fourth-order valence-corrected chi connectivity index (χ4v) is 2.88. The lowest BCUT2D eigenvalue weighted by atomic mass is 9.96. The van der Waals surface area contributed by atoms with Crippen LogP contribution in [0, 0.1) is 11.8 Å². The molecule has 1 aromatic carbocycles. The molecule has 9 heteroatoms. The summed E-state index contributed by atoms with van der Waals surface area (Å²) < 4.78 is 39.0. The molecule has 2 atom stereocenters. The van der Waals surface area contributed by atoms with Crippen molar-refractivity contribution in [3.8, 4) is 5.69 Å². The average molecular weight is 340 g/mol. The van der Waals surface area contributed by atoms with E-state index in [4.69, 9.17) is 5.11 Å². The molecule has 1 N–H and O–H groups in total. The number of halogens is 3. The van der Waals surface area contributed by atoms with Crippen molar-refractivity contribution in [2.45, 2.75) is 12.7 Å². The van der Waals surface area contributed by atoms with Gasteiger partial charge in [0.2, 0.25) is 0 Å². The summed E-state index contributed by atoms with van der Waals surface area (Å²) in [5, 5.41) is 17.4. The molecular formula is C15H15F3N4O2. The molecule has 0 aliphatic carbocycles. The number of aliphatic carboxylic acids is 1. The van der Waals surface area contributed by atoms with Crippen molar-refractivity contribution in [1.82, 2.24) is 19.9 Å². The quantitative estimate of drug-likeness (QED) is 0.921. The fraction of sp³-hybridized carbons (Fsp3) is 0.400. The number of nitrogens with zero attached hydrogens (tertiary/aromatic N) is 4. The number of carboxylic acids is 1. The van der Waals surface area contributed by atoms with Crippen LogP contribution in [0.25, 0.3) is 5.69 Å². The number of carbonyl (C=O) groups is 1. The molecule has 1 aliphatic rings. The summed E-state index contributed by atoms with van der Waals surface area (Å²) in [4.78, 5) is 13.9. The zero-order valence-electron chi connectivity index (χ0n) is 12.5. The highest BCUT2D eigenvalue weighted by molar-refractivity contribution is 5.71. The van der Waals surface area contributed by atoms with Crippen LogP contribution >= 0.6 is 0 Å². The van der Waals surface area contributed by atoms with E-state index in [1.54, 1.807) is 12.1 Å². The first kappa shape index (κ1) is 16.4. The van der Waals surface area contributed by atoms with Crippen LogP contribution < -0.4 is 0 Å². The molecule has 0 unspecified atom stereocenters. The van der Waals surface area contributed by atoms with E-state index < -0.39 is 24.0 Å². The molecule has 1 saturated heterocycles. The van der Waals surface area contributed by atoms with E-state index in [9.17, 15) is 18.0 Å². The first-order valence-electron chi connectivity index (χ1n) is 7.33. The molecule has 128 valence electrons. The van der Waals surface area contributed by atoms with Crippen molar-refractivity contribution in [2.24, 2.45) is 11.8 Å². The van der Waals surface area contributed by atoms with Crippen molar-refractivity contribution in [3.05, 3.63) is 42.2 Å². The Morgan fingerprint density at radius 1 is 1.25 bits per heavy atom. The molecule has 1 aliphatic heterocycles. The van der Waals surface area contributed by atoms with Crippen LogP contribution in [0.3, 0.4) is 0 Å². The van der Waals surface area contributed by atoms with Gasteiger partial charge in [0.25, 0.3) is 0 Å². The summed E-state index contributed by atoms with van der Waals surface area (Å²) in [6, 6.07) is 9.11. The third kappa shape index (κ3) is 3.40. The first-order chi connectivity index (χ1) is 11.3. The predicted octanol–water partition coefficient (Wildman–Crippen LogP) is 1.96. The van der Waals surface area contributed by atoms with Crippen molar-refractivity contribution in [1.29, 1.82) is 0 Å². The molecular weight excluding hydrogens is 325 g/mol. The van der Waals surface area contributed by atoms with Gasteiger partial charge in [-0.25, -0.2) is 0 Å². The molecule has 1 aromatic heterocycles. The second-order valence-electron chi connectivity index (χ2n) is 5.75. The lowest BCUT2D eigenvalue weighted by Gasteiger charge is -2.18. The maximum absolute atomic E-state index is 13.0. The summed E-state index contributed by atoms with van der Waals surface area (Å²) in [7, 11) is 0. The summed E-state index contributed by atoms with van der Waals surface area (Å²) in [6.07, 6.45) is -3.05. The highest BCUT2D eigenvalue weighted by atomic mass is 19.4. The molecule has 0 spiro atoms. The van der Waals surface area contributed by atoms with Crippen LogP contribution in [0.15, 0.2) is 36.5 Å². The SMILES string of the molecule is O=C(O)[C@@H]1CN(Cc2cnn(-c3ccccc3)n2)C[C@H]1C(F)(F)F. The Bertz CT molecular complexity index is 717. The van der Waals surface area contributed by atoms with Crippen LogP contribution in [-0.4, -0.2) is 50.2 Å². The second kappa shape index (κ2) is 6.23. The largest absolute Gasteiger partial charge is 0.481 e. The number of alkyl halides is 3. The maximum atomic E-state index is 13.0. The Kier molecular flexibility index (Phi) is 4.27. The number of rotatable bonds is 4. The third-order valence-electron chi connectivity index (χ3n) is 4.05. The van der Waals surface area contributed by atoms with Crippen molar-refractivity contribution in [3.63, 3.8) is 0 Å². The normalized spacial score (nSPS) is 22.0. The minimum Gasteiger partial charge on any atom is -0.481 e. The summed E-state index contributed by atoms with van der Waals surface area (Å²) in [6.45, 7) is -0.375. The van der Waals surface area contributed by atoms with E-state index in [2.05, 4.69) is 10.2 Å². The van der Waals surface area contributed by atoms with Gasteiger partial charge in [0.15, 0.2) is 0 Å². The molecule has 3 rings (SSSR count). The smallest absolute Gasteiger partial charge is 0.393 e. The maximum Gasteiger partial charge on any atom is 0.393 e. The lowest BCUT2D eigenvalue weighted by Crippen LogP contribution is -2.33. The van der Waals surface area contributed by atoms with Gasteiger partial charge in [-0.05, 0) is 12.1 Å². The standard InChI is InChI=1S/C15H15F3N4O2/c16-15(17,18)13-9-21(8-12(13)14(23)24)7-10-6-19-22(20-10)11-4-2-1-3-5-11/h1-6,12-13H,7-9H2,(H,23,24)/t12-,13-/m1/s1. The molecule has 2 heterocycles. The van der Waals surface area contributed by atoms with Crippen LogP contribution in [0.1, 0.15) is 5.69 Å². The molecule has 2 aromatic rings. The Hall–Kier alpha value is -2.42. The molecule has 6 nitrogen and oxygen atoms in total. The van der Waals surface area contributed by atoms with Gasteiger partial charge in [0.05, 0.1) is 29.4 Å². The van der Waals surface area contributed by atoms with Crippen LogP contribution in [0.2, 0.25) is 0 Å². The first-order valence-corrected chi connectivity index (χ1v) is 7.33.